The highest BCUT2D eigenvalue weighted by atomic mass is 15.1. The predicted molar refractivity (Wildman–Crippen MR) is 308 cm³/mol. The molecule has 0 N–H and O–H groups in total. The lowest BCUT2D eigenvalue weighted by Crippen LogP contribution is -2.10. The first-order valence-corrected chi connectivity index (χ1v) is 25.1. The Morgan fingerprint density at radius 1 is 0.292 bits per heavy atom. The average Bonchev–Trinajstić information content (AvgIpc) is 3.76. The number of fused-ring (bicyclic) bond motifs is 6. The molecule has 13 rings (SSSR count). The van der Waals surface area contributed by atoms with Gasteiger partial charge in [0, 0.05) is 33.5 Å². The SMILES string of the molecule is CC(C)(C)c1ccc(-c2ccc3c(c2)c2cc(N(c4ccc(-c5ccc6ccccc6c5)cc4)c4ccc(-c5c6ccccc6c(-c6ccccc6)c6ccccc56)cc4)ccc2n3-c2ccccc2)cc1. The van der Waals surface area contributed by atoms with E-state index in [4.69, 9.17) is 0 Å². The molecule has 0 aliphatic heterocycles. The van der Waals surface area contributed by atoms with Crippen LogP contribution in [-0.4, -0.2) is 4.57 Å². The first-order valence-electron chi connectivity index (χ1n) is 25.1. The maximum absolute atomic E-state index is 2.42. The van der Waals surface area contributed by atoms with Crippen molar-refractivity contribution in [2.24, 2.45) is 0 Å². The lowest BCUT2D eigenvalue weighted by atomic mass is 9.86. The van der Waals surface area contributed by atoms with Gasteiger partial charge in [0.2, 0.25) is 0 Å². The van der Waals surface area contributed by atoms with Crippen molar-refractivity contribution >= 4 is 71.2 Å². The second-order valence-electron chi connectivity index (χ2n) is 20.1. The van der Waals surface area contributed by atoms with Gasteiger partial charge in [0.1, 0.15) is 0 Å². The van der Waals surface area contributed by atoms with Gasteiger partial charge in [0.05, 0.1) is 11.0 Å². The zero-order valence-corrected chi connectivity index (χ0v) is 40.7. The van der Waals surface area contributed by atoms with Gasteiger partial charge in [-0.25, -0.2) is 0 Å². The molecule has 0 saturated carbocycles. The highest BCUT2D eigenvalue weighted by Gasteiger charge is 2.21. The second kappa shape index (κ2) is 17.5. The van der Waals surface area contributed by atoms with E-state index in [1.165, 1.54) is 104 Å². The number of hydrogen-bond acceptors (Lipinski definition) is 1. The second-order valence-corrected chi connectivity index (χ2v) is 20.1. The Hall–Kier alpha value is -8.98. The first-order chi connectivity index (χ1) is 35.3. The molecule has 0 fully saturated rings. The van der Waals surface area contributed by atoms with Crippen LogP contribution in [0.4, 0.5) is 17.1 Å². The summed E-state index contributed by atoms with van der Waals surface area (Å²) < 4.78 is 2.41. The predicted octanol–water partition coefficient (Wildman–Crippen LogP) is 19.7. The monoisotopic (exact) mass is 920 g/mol. The Morgan fingerprint density at radius 3 is 1.29 bits per heavy atom. The van der Waals surface area contributed by atoms with E-state index in [1.807, 2.05) is 0 Å². The number of para-hydroxylation sites is 1. The Balaban J connectivity index is 0.985. The third-order valence-corrected chi connectivity index (χ3v) is 14.7. The van der Waals surface area contributed by atoms with Gasteiger partial charge in [-0.2, -0.15) is 0 Å². The number of aromatic nitrogens is 1. The molecule has 0 spiro atoms. The molecule has 0 radical (unpaired) electrons. The van der Waals surface area contributed by atoms with E-state index in [2.05, 4.69) is 291 Å². The first kappa shape index (κ1) is 43.1. The van der Waals surface area contributed by atoms with E-state index in [1.54, 1.807) is 0 Å². The minimum absolute atomic E-state index is 0.0852. The Bertz CT molecular complexity index is 4080. The van der Waals surface area contributed by atoms with Gasteiger partial charge in [0.25, 0.3) is 0 Å². The summed E-state index contributed by atoms with van der Waals surface area (Å²) in [5.74, 6) is 0. The van der Waals surface area contributed by atoms with Gasteiger partial charge < -0.3 is 9.47 Å². The molecular formula is C70H52N2. The molecule has 0 aliphatic rings. The smallest absolute Gasteiger partial charge is 0.0542 e. The molecule has 1 aromatic heterocycles. The van der Waals surface area contributed by atoms with Crippen LogP contribution in [0.15, 0.2) is 261 Å². The molecule has 2 heteroatoms. The lowest BCUT2D eigenvalue weighted by Gasteiger charge is -2.26. The van der Waals surface area contributed by atoms with Crippen molar-refractivity contribution < 1.29 is 0 Å². The summed E-state index contributed by atoms with van der Waals surface area (Å²) in [6.45, 7) is 6.82. The summed E-state index contributed by atoms with van der Waals surface area (Å²) in [5, 5.41) is 9.89. The molecule has 13 aromatic rings. The van der Waals surface area contributed by atoms with Crippen molar-refractivity contribution in [1.82, 2.24) is 4.57 Å². The molecule has 0 atom stereocenters. The molecule has 0 aliphatic carbocycles. The Labute approximate surface area is 421 Å². The fraction of sp³-hybridized carbons (Fsp3) is 0.0571. The van der Waals surface area contributed by atoms with Crippen molar-refractivity contribution in [3.05, 3.63) is 266 Å². The molecule has 72 heavy (non-hydrogen) atoms. The number of hydrogen-bond donors (Lipinski definition) is 0. The molecule has 0 bridgehead atoms. The van der Waals surface area contributed by atoms with E-state index >= 15 is 0 Å². The maximum Gasteiger partial charge on any atom is 0.0542 e. The van der Waals surface area contributed by atoms with Gasteiger partial charge in [-0.05, 0) is 161 Å². The highest BCUT2D eigenvalue weighted by Crippen LogP contribution is 2.46. The van der Waals surface area contributed by atoms with Crippen LogP contribution >= 0.6 is 0 Å². The van der Waals surface area contributed by atoms with E-state index in [-0.39, 0.29) is 5.41 Å². The van der Waals surface area contributed by atoms with Crippen molar-refractivity contribution in [3.63, 3.8) is 0 Å². The molecule has 342 valence electrons. The summed E-state index contributed by atoms with van der Waals surface area (Å²) in [5.41, 5.74) is 17.9. The van der Waals surface area contributed by atoms with Crippen LogP contribution in [-0.2, 0) is 5.41 Å². The van der Waals surface area contributed by atoms with Crippen LogP contribution in [0.3, 0.4) is 0 Å². The van der Waals surface area contributed by atoms with Gasteiger partial charge in [-0.15, -0.1) is 0 Å². The molecule has 2 nitrogen and oxygen atoms in total. The summed E-state index contributed by atoms with van der Waals surface area (Å²) in [6.07, 6.45) is 0. The van der Waals surface area contributed by atoms with Crippen LogP contribution in [0, 0.1) is 0 Å². The summed E-state index contributed by atoms with van der Waals surface area (Å²) in [6, 6.07) is 96.2. The fourth-order valence-electron chi connectivity index (χ4n) is 11.1. The minimum atomic E-state index is 0.0852. The van der Waals surface area contributed by atoms with Gasteiger partial charge in [-0.1, -0.05) is 209 Å². The van der Waals surface area contributed by atoms with Crippen LogP contribution in [0.2, 0.25) is 0 Å². The van der Waals surface area contributed by atoms with Crippen LogP contribution < -0.4 is 4.90 Å². The lowest BCUT2D eigenvalue weighted by molar-refractivity contribution is 0.590. The van der Waals surface area contributed by atoms with E-state index in [0.29, 0.717) is 0 Å². The standard InChI is InChI=1S/C70H52N2/c1-70(2,3)55-35-28-48(29-36-55)54-34-42-66-64(45-54)65-46-59(41-43-67(65)72(66)56-20-8-5-9-21-56)71(57-37-30-49(31-38-57)53-27-26-47-16-10-11-19-52(47)44-53)58-39-32-51(33-40-58)69-62-24-14-12-22-60(62)68(50-17-6-4-7-18-50)61-23-13-15-25-63(61)69/h4-46H,1-3H3. The fourth-order valence-corrected chi connectivity index (χ4v) is 11.1. The largest absolute Gasteiger partial charge is 0.310 e. The number of anilines is 3. The van der Waals surface area contributed by atoms with Crippen LogP contribution in [0.1, 0.15) is 26.3 Å². The number of benzene rings is 12. The molecule has 12 aromatic carbocycles. The molecule has 0 amide bonds. The van der Waals surface area contributed by atoms with Crippen molar-refractivity contribution in [2.45, 2.75) is 26.2 Å². The van der Waals surface area contributed by atoms with Crippen molar-refractivity contribution in [2.75, 3.05) is 4.90 Å². The molecule has 0 unspecified atom stereocenters. The zero-order valence-electron chi connectivity index (χ0n) is 40.7. The quantitative estimate of drug-likeness (QED) is 0.138. The topological polar surface area (TPSA) is 8.17 Å². The molecule has 0 saturated heterocycles. The van der Waals surface area contributed by atoms with Crippen molar-refractivity contribution in [1.29, 1.82) is 0 Å². The third kappa shape index (κ3) is 7.52. The summed E-state index contributed by atoms with van der Waals surface area (Å²) in [4.78, 5) is 2.42. The normalized spacial score (nSPS) is 11.8. The van der Waals surface area contributed by atoms with E-state index in [9.17, 15) is 0 Å². The van der Waals surface area contributed by atoms with E-state index < -0.39 is 0 Å². The van der Waals surface area contributed by atoms with Crippen LogP contribution in [0.25, 0.3) is 104 Å². The minimum Gasteiger partial charge on any atom is -0.310 e. The van der Waals surface area contributed by atoms with Gasteiger partial charge in [0.15, 0.2) is 0 Å². The average molecular weight is 921 g/mol. The zero-order chi connectivity index (χ0) is 48.3. The Morgan fingerprint density at radius 2 is 0.708 bits per heavy atom. The van der Waals surface area contributed by atoms with Crippen LogP contribution in [0.5, 0.6) is 0 Å². The highest BCUT2D eigenvalue weighted by molar-refractivity contribution is 6.21. The van der Waals surface area contributed by atoms with Gasteiger partial charge >= 0.3 is 0 Å². The van der Waals surface area contributed by atoms with Gasteiger partial charge in [-0.3, -0.25) is 0 Å². The summed E-state index contributed by atoms with van der Waals surface area (Å²) in [7, 11) is 0. The summed E-state index contributed by atoms with van der Waals surface area (Å²) >= 11 is 0. The number of nitrogens with zero attached hydrogens (tertiary/aromatic N) is 2. The third-order valence-electron chi connectivity index (χ3n) is 14.7. The van der Waals surface area contributed by atoms with E-state index in [0.717, 1.165) is 22.7 Å². The maximum atomic E-state index is 2.42. The Kier molecular flexibility index (Phi) is 10.4. The molecule has 1 heterocycles. The molecular weight excluding hydrogens is 869 g/mol. The number of rotatable bonds is 8. The van der Waals surface area contributed by atoms with Crippen molar-refractivity contribution in [3.8, 4) is 50.2 Å².